The molecule has 32 heavy (non-hydrogen) atoms. The van der Waals surface area contributed by atoms with Gasteiger partial charge < -0.3 is 10.6 Å². The number of fused-ring (bicyclic) bond motifs is 2. The van der Waals surface area contributed by atoms with E-state index in [0.29, 0.717) is 34.3 Å². The number of nitrogens with one attached hydrogen (secondary N) is 2. The maximum atomic E-state index is 13.7. The van der Waals surface area contributed by atoms with Crippen molar-refractivity contribution in [3.8, 4) is 0 Å². The predicted octanol–water partition coefficient (Wildman–Crippen LogP) is 7.26. The van der Waals surface area contributed by atoms with E-state index >= 15 is 0 Å². The second-order valence-electron chi connectivity index (χ2n) is 9.34. The molecule has 0 aliphatic heterocycles. The minimum atomic E-state index is -0.168. The molecule has 0 heterocycles. The largest absolute Gasteiger partial charge is 0.382 e. The van der Waals surface area contributed by atoms with Crippen LogP contribution in [0.1, 0.15) is 96.1 Å². The van der Waals surface area contributed by atoms with E-state index < -0.39 is 0 Å². The van der Waals surface area contributed by atoms with Gasteiger partial charge in [0.05, 0.1) is 21.2 Å². The molecule has 4 nitrogen and oxygen atoms in total. The zero-order chi connectivity index (χ0) is 22.2. The number of carbonyl (C=O) groups is 2. The summed E-state index contributed by atoms with van der Waals surface area (Å²) in [5, 5.41) is 7.75. The quantitative estimate of drug-likeness (QED) is 0.421. The summed E-state index contributed by atoms with van der Waals surface area (Å²) in [5.41, 5.74) is 3.09. The van der Waals surface area contributed by atoms with E-state index in [1.807, 2.05) is 12.1 Å². The standard InChI is InChI=1S/C26H28Cl2N2O2/c27-19-13-17-18(14-20(19)28)26(32)24-22(30-16-9-5-2-6-10-16)12-11-21(23(24)25(17)31)29-15-7-3-1-4-8-15/h11-16,29-30H,1-10H2. The Labute approximate surface area is 199 Å². The lowest BCUT2D eigenvalue weighted by molar-refractivity contribution is 0.0980. The summed E-state index contributed by atoms with van der Waals surface area (Å²) >= 11 is 12.4. The van der Waals surface area contributed by atoms with Crippen molar-refractivity contribution in [3.05, 3.63) is 56.6 Å². The monoisotopic (exact) mass is 470 g/mol. The molecular weight excluding hydrogens is 443 g/mol. The molecule has 2 aromatic carbocycles. The fourth-order valence-electron chi connectivity index (χ4n) is 5.44. The fraction of sp³-hybridized carbons (Fsp3) is 0.462. The highest BCUT2D eigenvalue weighted by atomic mass is 35.5. The molecule has 5 rings (SSSR count). The van der Waals surface area contributed by atoms with Gasteiger partial charge in [-0.3, -0.25) is 9.59 Å². The van der Waals surface area contributed by atoms with E-state index in [1.54, 1.807) is 0 Å². The Balaban J connectivity index is 1.60. The van der Waals surface area contributed by atoms with Gasteiger partial charge in [-0.1, -0.05) is 61.7 Å². The van der Waals surface area contributed by atoms with E-state index in [-0.39, 0.29) is 21.6 Å². The van der Waals surface area contributed by atoms with Gasteiger partial charge in [0.2, 0.25) is 0 Å². The summed E-state index contributed by atoms with van der Waals surface area (Å²) in [6.45, 7) is 0. The summed E-state index contributed by atoms with van der Waals surface area (Å²) in [4.78, 5) is 27.4. The minimum absolute atomic E-state index is 0.168. The smallest absolute Gasteiger partial charge is 0.196 e. The first kappa shape index (κ1) is 21.8. The van der Waals surface area contributed by atoms with Crippen molar-refractivity contribution in [1.29, 1.82) is 0 Å². The second-order valence-corrected chi connectivity index (χ2v) is 10.2. The Kier molecular flexibility index (Phi) is 6.18. The molecule has 0 bridgehead atoms. The third kappa shape index (κ3) is 4.04. The number of rotatable bonds is 4. The van der Waals surface area contributed by atoms with Crippen LogP contribution in [0.3, 0.4) is 0 Å². The van der Waals surface area contributed by atoms with E-state index in [0.717, 1.165) is 37.1 Å². The third-order valence-electron chi connectivity index (χ3n) is 7.14. The summed E-state index contributed by atoms with van der Waals surface area (Å²) in [7, 11) is 0. The van der Waals surface area contributed by atoms with Crippen LogP contribution in [-0.2, 0) is 0 Å². The van der Waals surface area contributed by atoms with Crippen LogP contribution in [0.2, 0.25) is 10.0 Å². The van der Waals surface area contributed by atoms with Gasteiger partial charge in [0.25, 0.3) is 0 Å². The summed E-state index contributed by atoms with van der Waals surface area (Å²) < 4.78 is 0. The lowest BCUT2D eigenvalue weighted by Crippen LogP contribution is -2.29. The number of hydrogen-bond donors (Lipinski definition) is 2. The topological polar surface area (TPSA) is 58.2 Å². The van der Waals surface area contributed by atoms with Crippen LogP contribution in [-0.4, -0.2) is 23.7 Å². The highest BCUT2D eigenvalue weighted by Gasteiger charge is 2.35. The van der Waals surface area contributed by atoms with Gasteiger partial charge in [0.15, 0.2) is 11.6 Å². The average molecular weight is 471 g/mol. The molecule has 2 aromatic rings. The third-order valence-corrected chi connectivity index (χ3v) is 7.86. The number of ketones is 2. The minimum Gasteiger partial charge on any atom is -0.382 e. The highest BCUT2D eigenvalue weighted by molar-refractivity contribution is 6.43. The number of hydrogen-bond acceptors (Lipinski definition) is 4. The van der Waals surface area contributed by atoms with Crippen molar-refractivity contribution >= 4 is 46.1 Å². The summed E-state index contributed by atoms with van der Waals surface area (Å²) in [6, 6.07) is 7.65. The van der Waals surface area contributed by atoms with Crippen molar-refractivity contribution in [2.45, 2.75) is 76.3 Å². The highest BCUT2D eigenvalue weighted by Crippen LogP contribution is 2.40. The Bertz CT molecular complexity index is 986. The summed E-state index contributed by atoms with van der Waals surface area (Å²) in [6.07, 6.45) is 11.6. The number of carbonyl (C=O) groups excluding carboxylic acids is 2. The van der Waals surface area contributed by atoms with E-state index in [4.69, 9.17) is 23.2 Å². The van der Waals surface area contributed by atoms with Gasteiger partial charge in [0.1, 0.15) is 0 Å². The maximum Gasteiger partial charge on any atom is 0.196 e. The molecule has 0 spiro atoms. The normalized spacial score (nSPS) is 19.4. The Morgan fingerprint density at radius 2 is 1.00 bits per heavy atom. The van der Waals surface area contributed by atoms with Crippen molar-refractivity contribution in [1.82, 2.24) is 0 Å². The van der Waals surface area contributed by atoms with Crippen LogP contribution >= 0.6 is 23.2 Å². The molecule has 0 amide bonds. The Morgan fingerprint density at radius 1 is 0.625 bits per heavy atom. The van der Waals surface area contributed by atoms with Gasteiger partial charge in [-0.2, -0.15) is 0 Å². The van der Waals surface area contributed by atoms with Crippen LogP contribution in [0.5, 0.6) is 0 Å². The van der Waals surface area contributed by atoms with Gasteiger partial charge in [-0.05, 0) is 49.9 Å². The molecule has 0 radical (unpaired) electrons. The predicted molar refractivity (Wildman–Crippen MR) is 131 cm³/mol. The first-order chi connectivity index (χ1) is 15.5. The van der Waals surface area contributed by atoms with Crippen LogP contribution in [0.4, 0.5) is 11.4 Å². The van der Waals surface area contributed by atoms with Crippen LogP contribution in [0.25, 0.3) is 0 Å². The summed E-state index contributed by atoms with van der Waals surface area (Å²) in [5.74, 6) is -0.336. The number of benzene rings is 2. The fourth-order valence-corrected chi connectivity index (χ4v) is 5.77. The lowest BCUT2D eigenvalue weighted by atomic mass is 9.81. The van der Waals surface area contributed by atoms with Gasteiger partial charge in [-0.15, -0.1) is 0 Å². The average Bonchev–Trinajstić information content (AvgIpc) is 2.81. The van der Waals surface area contributed by atoms with Crippen molar-refractivity contribution in [3.63, 3.8) is 0 Å². The van der Waals surface area contributed by atoms with Gasteiger partial charge >= 0.3 is 0 Å². The molecule has 2 saturated carbocycles. The van der Waals surface area contributed by atoms with E-state index in [2.05, 4.69) is 10.6 Å². The van der Waals surface area contributed by atoms with Crippen molar-refractivity contribution in [2.75, 3.05) is 10.6 Å². The molecule has 2 N–H and O–H groups in total. The zero-order valence-corrected chi connectivity index (χ0v) is 19.6. The van der Waals surface area contributed by atoms with Crippen LogP contribution < -0.4 is 10.6 Å². The molecule has 3 aliphatic rings. The molecule has 0 aromatic heterocycles. The van der Waals surface area contributed by atoms with Gasteiger partial charge in [0, 0.05) is 34.6 Å². The Morgan fingerprint density at radius 3 is 1.38 bits per heavy atom. The molecule has 0 saturated heterocycles. The number of halogens is 2. The van der Waals surface area contributed by atoms with Crippen molar-refractivity contribution < 1.29 is 9.59 Å². The number of anilines is 2. The molecule has 2 fully saturated rings. The Hall–Kier alpha value is -2.04. The van der Waals surface area contributed by atoms with E-state index in [1.165, 1.54) is 50.7 Å². The first-order valence-electron chi connectivity index (χ1n) is 11.8. The molecule has 0 unspecified atom stereocenters. The van der Waals surface area contributed by atoms with Crippen LogP contribution in [0, 0.1) is 0 Å². The molecule has 3 aliphatic carbocycles. The van der Waals surface area contributed by atoms with Gasteiger partial charge in [-0.25, -0.2) is 0 Å². The molecule has 168 valence electrons. The van der Waals surface area contributed by atoms with Crippen molar-refractivity contribution in [2.24, 2.45) is 0 Å². The zero-order valence-electron chi connectivity index (χ0n) is 18.1. The molecular formula is C26H28Cl2N2O2. The second kappa shape index (κ2) is 9.07. The van der Waals surface area contributed by atoms with E-state index in [9.17, 15) is 9.59 Å². The molecule has 6 heteroatoms. The molecule has 0 atom stereocenters. The van der Waals surface area contributed by atoms with Crippen LogP contribution in [0.15, 0.2) is 24.3 Å². The first-order valence-corrected chi connectivity index (χ1v) is 12.6. The maximum absolute atomic E-state index is 13.7. The lowest BCUT2D eigenvalue weighted by Gasteiger charge is -2.30. The SMILES string of the molecule is O=C1c2cc(Cl)c(Cl)cc2C(=O)c2c(NC3CCCCC3)ccc(NC3CCCCC3)c21.